The molecule has 0 saturated heterocycles. The number of thioether (sulfide) groups is 1. The van der Waals surface area contributed by atoms with Crippen molar-refractivity contribution < 1.29 is 9.59 Å². The first-order valence-electron chi connectivity index (χ1n) is 10.3. The molecule has 1 fully saturated rings. The van der Waals surface area contributed by atoms with Gasteiger partial charge in [-0.15, -0.1) is 21.5 Å². The zero-order valence-corrected chi connectivity index (χ0v) is 18.9. The van der Waals surface area contributed by atoms with E-state index >= 15 is 0 Å². The number of thiophene rings is 1. The maximum absolute atomic E-state index is 12.8. The maximum atomic E-state index is 12.8. The van der Waals surface area contributed by atoms with Gasteiger partial charge < -0.3 is 15.6 Å². The van der Waals surface area contributed by atoms with Gasteiger partial charge in [-0.25, -0.2) is 0 Å². The third-order valence-corrected chi connectivity index (χ3v) is 7.05. The molecule has 2 amide bonds. The summed E-state index contributed by atoms with van der Waals surface area (Å²) in [6.07, 6.45) is 2.46. The Labute approximate surface area is 189 Å². The normalized spacial score (nSPS) is 14.4. The summed E-state index contributed by atoms with van der Waals surface area (Å²) in [6, 6.07) is 12.3. The van der Waals surface area contributed by atoms with Crippen molar-refractivity contribution in [1.29, 1.82) is 0 Å². The average molecular weight is 456 g/mol. The highest BCUT2D eigenvalue weighted by Gasteiger charge is 2.33. The van der Waals surface area contributed by atoms with E-state index in [9.17, 15) is 9.59 Å². The van der Waals surface area contributed by atoms with Crippen molar-refractivity contribution in [2.45, 2.75) is 43.9 Å². The number of aromatic nitrogens is 3. The molecule has 0 bridgehead atoms. The predicted octanol–water partition coefficient (Wildman–Crippen LogP) is 3.55. The van der Waals surface area contributed by atoms with E-state index in [1.165, 1.54) is 17.3 Å². The topological polar surface area (TPSA) is 103 Å². The summed E-state index contributed by atoms with van der Waals surface area (Å²) in [5, 5.41) is 14.3. The van der Waals surface area contributed by atoms with Crippen LogP contribution in [0.3, 0.4) is 0 Å². The fraction of sp³-hybridized carbons (Fsp3) is 0.364. The minimum Gasteiger partial charge on any atom is -0.370 e. The van der Waals surface area contributed by atoms with Crippen LogP contribution in [0.2, 0.25) is 0 Å². The number of hydrogen-bond acceptors (Lipinski definition) is 6. The zero-order valence-electron chi connectivity index (χ0n) is 17.3. The van der Waals surface area contributed by atoms with Crippen LogP contribution in [0.4, 0.5) is 0 Å². The molecule has 0 radical (unpaired) electrons. The molecule has 1 aliphatic rings. The maximum Gasteiger partial charge on any atom is 0.230 e. The van der Waals surface area contributed by atoms with Crippen LogP contribution in [0, 0.1) is 12.8 Å². The van der Waals surface area contributed by atoms with Crippen molar-refractivity contribution in [3.05, 3.63) is 52.9 Å². The van der Waals surface area contributed by atoms with Crippen molar-refractivity contribution in [3.63, 3.8) is 0 Å². The Bertz CT molecular complexity index is 1040. The number of nitrogens with one attached hydrogen (secondary N) is 1. The van der Waals surface area contributed by atoms with Gasteiger partial charge in [-0.05, 0) is 42.7 Å². The minimum absolute atomic E-state index is 0.0374. The second-order valence-electron chi connectivity index (χ2n) is 7.73. The van der Waals surface area contributed by atoms with Crippen LogP contribution in [-0.2, 0) is 16.1 Å². The van der Waals surface area contributed by atoms with Crippen LogP contribution >= 0.6 is 23.1 Å². The van der Waals surface area contributed by atoms with Crippen LogP contribution in [0.15, 0.2) is 46.9 Å². The molecule has 4 rings (SSSR count). The van der Waals surface area contributed by atoms with Crippen LogP contribution in [0.5, 0.6) is 0 Å². The largest absolute Gasteiger partial charge is 0.370 e. The number of hydrogen-bond donors (Lipinski definition) is 2. The number of aryl methyl sites for hydroxylation is 1. The van der Waals surface area contributed by atoms with E-state index in [-0.39, 0.29) is 30.0 Å². The minimum atomic E-state index is -0.384. The van der Waals surface area contributed by atoms with Crippen molar-refractivity contribution in [1.82, 2.24) is 20.1 Å². The van der Waals surface area contributed by atoms with Crippen LogP contribution < -0.4 is 11.1 Å². The lowest BCUT2D eigenvalue weighted by Crippen LogP contribution is -2.31. The summed E-state index contributed by atoms with van der Waals surface area (Å²) in [5.74, 6) is 0.999. The highest BCUT2D eigenvalue weighted by atomic mass is 32.2. The number of amides is 2. The van der Waals surface area contributed by atoms with Gasteiger partial charge in [0.25, 0.3) is 0 Å². The molecule has 0 aliphatic heterocycles. The Morgan fingerprint density at radius 3 is 2.68 bits per heavy atom. The van der Waals surface area contributed by atoms with Gasteiger partial charge in [0.2, 0.25) is 11.8 Å². The third kappa shape index (κ3) is 5.54. The molecule has 9 heteroatoms. The van der Waals surface area contributed by atoms with E-state index in [0.29, 0.717) is 23.4 Å². The lowest BCUT2D eigenvalue weighted by atomic mass is 10.0. The highest BCUT2D eigenvalue weighted by Crippen LogP contribution is 2.41. The molecule has 2 aromatic heterocycles. The van der Waals surface area contributed by atoms with Gasteiger partial charge in [-0.2, -0.15) is 0 Å². The summed E-state index contributed by atoms with van der Waals surface area (Å²) in [7, 11) is 0. The Hall–Kier alpha value is -2.65. The molecule has 2 heterocycles. The number of primary amides is 1. The second-order valence-corrected chi connectivity index (χ2v) is 9.62. The van der Waals surface area contributed by atoms with Gasteiger partial charge in [-0.3, -0.25) is 9.59 Å². The molecular weight excluding hydrogens is 430 g/mol. The summed E-state index contributed by atoms with van der Waals surface area (Å²) in [4.78, 5) is 25.0. The van der Waals surface area contributed by atoms with Gasteiger partial charge in [0.05, 0.1) is 16.7 Å². The fourth-order valence-corrected chi connectivity index (χ4v) is 4.92. The van der Waals surface area contributed by atoms with Gasteiger partial charge in [0.15, 0.2) is 11.0 Å². The Morgan fingerprint density at radius 1 is 1.26 bits per heavy atom. The van der Waals surface area contributed by atoms with E-state index < -0.39 is 0 Å². The van der Waals surface area contributed by atoms with Gasteiger partial charge >= 0.3 is 0 Å². The van der Waals surface area contributed by atoms with Gasteiger partial charge in [-0.1, -0.05) is 47.7 Å². The Kier molecular flexibility index (Phi) is 6.72. The first-order chi connectivity index (χ1) is 15.0. The number of carbonyl (C=O) groups excluding carboxylic acids is 2. The molecule has 162 valence electrons. The van der Waals surface area contributed by atoms with Crippen LogP contribution in [0.25, 0.3) is 10.7 Å². The van der Waals surface area contributed by atoms with E-state index in [0.717, 1.165) is 23.3 Å². The van der Waals surface area contributed by atoms with Crippen LogP contribution in [0.1, 0.15) is 36.4 Å². The summed E-state index contributed by atoms with van der Waals surface area (Å²) >= 11 is 2.88. The summed E-state index contributed by atoms with van der Waals surface area (Å²) in [5.41, 5.74) is 7.70. The number of benzene rings is 1. The van der Waals surface area contributed by atoms with Crippen molar-refractivity contribution >= 4 is 34.9 Å². The van der Waals surface area contributed by atoms with Gasteiger partial charge in [0.1, 0.15) is 0 Å². The molecular formula is C22H25N5O2S2. The summed E-state index contributed by atoms with van der Waals surface area (Å²) in [6.45, 7) is 2.44. The lowest BCUT2D eigenvalue weighted by Gasteiger charge is -2.19. The number of nitrogens with two attached hydrogens (primary N) is 1. The SMILES string of the molecule is Cc1ccc([C@H](NC(=O)CSc2nnc(-c3cccs3)n2CCC(N)=O)C2CC2)cc1. The second kappa shape index (κ2) is 9.65. The molecule has 1 aromatic carbocycles. The molecule has 0 unspecified atom stereocenters. The quantitative estimate of drug-likeness (QED) is 0.455. The van der Waals surface area contributed by atoms with E-state index in [2.05, 4.69) is 46.7 Å². The van der Waals surface area contributed by atoms with E-state index in [4.69, 9.17) is 5.73 Å². The molecule has 7 nitrogen and oxygen atoms in total. The molecule has 3 N–H and O–H groups in total. The first kappa shape index (κ1) is 21.6. The number of rotatable bonds is 10. The Balaban J connectivity index is 1.43. The van der Waals surface area contributed by atoms with Crippen molar-refractivity contribution in [2.75, 3.05) is 5.75 Å². The summed E-state index contributed by atoms with van der Waals surface area (Å²) < 4.78 is 1.87. The standard InChI is InChI=1S/C22H25N5O2S2/c1-14-4-6-15(7-5-14)20(16-8-9-16)24-19(29)13-31-22-26-25-21(17-3-2-12-30-17)27(22)11-10-18(23)28/h2-7,12,16,20H,8-11,13H2,1H3,(H2,23,28)(H,24,29)/t20-/m0/s1. The predicted molar refractivity (Wildman–Crippen MR) is 123 cm³/mol. The smallest absolute Gasteiger partial charge is 0.230 e. The third-order valence-electron chi connectivity index (χ3n) is 5.22. The monoisotopic (exact) mass is 455 g/mol. The van der Waals surface area contributed by atoms with Crippen molar-refractivity contribution in [2.24, 2.45) is 11.7 Å². The van der Waals surface area contributed by atoms with Crippen molar-refractivity contribution in [3.8, 4) is 10.7 Å². The molecule has 1 saturated carbocycles. The molecule has 1 atom stereocenters. The first-order valence-corrected chi connectivity index (χ1v) is 12.1. The zero-order chi connectivity index (χ0) is 21.8. The highest BCUT2D eigenvalue weighted by molar-refractivity contribution is 7.99. The number of carbonyl (C=O) groups is 2. The molecule has 3 aromatic rings. The lowest BCUT2D eigenvalue weighted by molar-refractivity contribution is -0.119. The Morgan fingerprint density at radius 2 is 2.03 bits per heavy atom. The van der Waals surface area contributed by atoms with Gasteiger partial charge in [0, 0.05) is 13.0 Å². The van der Waals surface area contributed by atoms with E-state index in [1.54, 1.807) is 11.3 Å². The van der Waals surface area contributed by atoms with Crippen LogP contribution in [-0.4, -0.2) is 32.3 Å². The molecule has 31 heavy (non-hydrogen) atoms. The fourth-order valence-electron chi connectivity index (χ4n) is 3.43. The average Bonchev–Trinajstić information content (AvgIpc) is 3.28. The molecule has 1 aliphatic carbocycles. The van der Waals surface area contributed by atoms with E-state index in [1.807, 2.05) is 22.1 Å². The molecule has 0 spiro atoms. The number of nitrogens with zero attached hydrogens (tertiary/aromatic N) is 3.